The lowest BCUT2D eigenvalue weighted by Gasteiger charge is -2.37. The molecule has 0 radical (unpaired) electrons. The van der Waals surface area contributed by atoms with Gasteiger partial charge in [0.25, 0.3) is 5.91 Å². The Hall–Kier alpha value is -2.76. The van der Waals surface area contributed by atoms with Crippen molar-refractivity contribution in [3.05, 3.63) is 52.7 Å². The highest BCUT2D eigenvalue weighted by Gasteiger charge is 2.35. The van der Waals surface area contributed by atoms with Crippen molar-refractivity contribution in [3.8, 4) is 0 Å². The molecule has 2 heterocycles. The summed E-state index contributed by atoms with van der Waals surface area (Å²) in [4.78, 5) is 22.6. The summed E-state index contributed by atoms with van der Waals surface area (Å²) in [5.74, 6) is 0.670. The summed E-state index contributed by atoms with van der Waals surface area (Å²) in [5, 5.41) is 11.3. The molecule has 29 heavy (non-hydrogen) atoms. The number of fused-ring (bicyclic) bond motifs is 2. The first-order valence-corrected chi connectivity index (χ1v) is 10.2. The van der Waals surface area contributed by atoms with Crippen LogP contribution in [0.3, 0.4) is 0 Å². The highest BCUT2D eigenvalue weighted by Crippen LogP contribution is 2.40. The van der Waals surface area contributed by atoms with Gasteiger partial charge in [-0.25, -0.2) is 9.97 Å². The molecule has 0 fully saturated rings. The van der Waals surface area contributed by atoms with Crippen LogP contribution in [0.1, 0.15) is 80.2 Å². The van der Waals surface area contributed by atoms with Crippen molar-refractivity contribution in [2.75, 3.05) is 0 Å². The van der Waals surface area contributed by atoms with Gasteiger partial charge in [0.05, 0.1) is 11.6 Å². The molecule has 0 spiro atoms. The normalized spacial score (nSPS) is 18.5. The second kappa shape index (κ2) is 6.65. The fraction of sp³-hybridized carbons (Fsp3) is 0.478. The van der Waals surface area contributed by atoms with Gasteiger partial charge in [-0.1, -0.05) is 46.2 Å². The van der Waals surface area contributed by atoms with E-state index in [9.17, 15) is 4.79 Å². The molecule has 0 unspecified atom stereocenters. The molecule has 0 bridgehead atoms. The number of aryl methyl sites for hydroxylation is 1. The minimum absolute atomic E-state index is 0.0404. The Morgan fingerprint density at radius 1 is 1.28 bits per heavy atom. The van der Waals surface area contributed by atoms with Gasteiger partial charge in [0, 0.05) is 28.3 Å². The molecule has 1 aliphatic carbocycles. The second-order valence-electron chi connectivity index (χ2n) is 10.0. The SMILES string of the molecule is Cc1ccc2[nH]nc(C(=O)N[C@H]3CC(C)(C)Cc4nc(C(C)(C)C)ncc43)c2c1. The third-order valence-corrected chi connectivity index (χ3v) is 5.59. The van der Waals surface area contributed by atoms with E-state index in [1.165, 1.54) is 0 Å². The lowest BCUT2D eigenvalue weighted by molar-refractivity contribution is 0.0915. The Kier molecular flexibility index (Phi) is 4.48. The molecular weight excluding hydrogens is 362 g/mol. The average molecular weight is 392 g/mol. The van der Waals surface area contributed by atoms with E-state index in [1.807, 2.05) is 31.3 Å². The quantitative estimate of drug-likeness (QED) is 0.678. The number of rotatable bonds is 2. The molecule has 6 heteroatoms. The molecule has 152 valence electrons. The summed E-state index contributed by atoms with van der Waals surface area (Å²) in [6.07, 6.45) is 3.62. The van der Waals surface area contributed by atoms with Crippen molar-refractivity contribution in [1.82, 2.24) is 25.5 Å². The molecule has 1 amide bonds. The van der Waals surface area contributed by atoms with Gasteiger partial charge in [0.2, 0.25) is 0 Å². The first kappa shape index (κ1) is 19.6. The Morgan fingerprint density at radius 2 is 2.03 bits per heavy atom. The molecular formula is C23H29N5O. The zero-order chi connectivity index (χ0) is 21.0. The van der Waals surface area contributed by atoms with Gasteiger partial charge >= 0.3 is 0 Å². The van der Waals surface area contributed by atoms with Crippen LogP contribution < -0.4 is 5.32 Å². The number of benzene rings is 1. The molecule has 0 saturated heterocycles. The maximum absolute atomic E-state index is 13.1. The van der Waals surface area contributed by atoms with Crippen molar-refractivity contribution >= 4 is 16.8 Å². The number of carbonyl (C=O) groups is 1. The molecule has 1 aromatic carbocycles. The highest BCUT2D eigenvalue weighted by molar-refractivity contribution is 6.04. The van der Waals surface area contributed by atoms with Gasteiger partial charge in [0.1, 0.15) is 5.82 Å². The van der Waals surface area contributed by atoms with Gasteiger partial charge in [0.15, 0.2) is 5.69 Å². The van der Waals surface area contributed by atoms with E-state index >= 15 is 0 Å². The molecule has 2 aromatic heterocycles. The van der Waals surface area contributed by atoms with Gasteiger partial charge in [-0.15, -0.1) is 0 Å². The van der Waals surface area contributed by atoms with Crippen LogP contribution in [0.25, 0.3) is 10.9 Å². The Balaban J connectivity index is 1.68. The smallest absolute Gasteiger partial charge is 0.272 e. The fourth-order valence-corrected chi connectivity index (χ4v) is 4.06. The number of amides is 1. The van der Waals surface area contributed by atoms with Crippen LogP contribution in [-0.2, 0) is 11.8 Å². The number of aromatic amines is 1. The third-order valence-electron chi connectivity index (χ3n) is 5.59. The standard InChI is InChI=1S/C23H29N5O/c1-13-7-8-16-14(9-13)19(28-27-16)20(29)25-17-10-23(5,6)11-18-15(17)12-24-21(26-18)22(2,3)4/h7-9,12,17H,10-11H2,1-6H3,(H,25,29)(H,27,28)/t17-/m0/s1. The third kappa shape index (κ3) is 3.76. The van der Waals surface area contributed by atoms with Gasteiger partial charge in [-0.3, -0.25) is 9.89 Å². The molecule has 4 rings (SSSR count). The summed E-state index contributed by atoms with van der Waals surface area (Å²) in [6, 6.07) is 5.82. The maximum Gasteiger partial charge on any atom is 0.272 e. The van der Waals surface area contributed by atoms with Crippen molar-refractivity contribution < 1.29 is 4.79 Å². The van der Waals surface area contributed by atoms with Crippen molar-refractivity contribution in [3.63, 3.8) is 0 Å². The van der Waals surface area contributed by atoms with Crippen molar-refractivity contribution in [2.45, 2.75) is 65.8 Å². The van der Waals surface area contributed by atoms with E-state index in [1.54, 1.807) is 0 Å². The van der Waals surface area contributed by atoms with Gasteiger partial charge in [-0.05, 0) is 37.3 Å². The van der Waals surface area contributed by atoms with Crippen LogP contribution in [0.15, 0.2) is 24.4 Å². The average Bonchev–Trinajstić information content (AvgIpc) is 3.02. The van der Waals surface area contributed by atoms with Crippen molar-refractivity contribution in [1.29, 1.82) is 0 Å². The molecule has 0 aliphatic heterocycles. The van der Waals surface area contributed by atoms with Gasteiger partial charge < -0.3 is 5.32 Å². The number of carbonyl (C=O) groups excluding carboxylic acids is 1. The zero-order valence-electron chi connectivity index (χ0n) is 18.1. The first-order valence-electron chi connectivity index (χ1n) is 10.2. The van der Waals surface area contributed by atoms with E-state index in [-0.39, 0.29) is 22.8 Å². The topological polar surface area (TPSA) is 83.6 Å². The fourth-order valence-electron chi connectivity index (χ4n) is 4.06. The van der Waals surface area contributed by atoms with Crippen LogP contribution in [-0.4, -0.2) is 26.1 Å². The number of nitrogens with zero attached hydrogens (tertiary/aromatic N) is 3. The molecule has 1 atom stereocenters. The predicted octanol–water partition coefficient (Wildman–Crippen LogP) is 4.40. The monoisotopic (exact) mass is 391 g/mol. The molecule has 0 saturated carbocycles. The molecule has 3 aromatic rings. The minimum Gasteiger partial charge on any atom is -0.344 e. The molecule has 1 aliphatic rings. The lowest BCUT2D eigenvalue weighted by atomic mass is 9.74. The van der Waals surface area contributed by atoms with E-state index in [2.05, 4.69) is 55.1 Å². The number of hydrogen-bond donors (Lipinski definition) is 2. The first-order chi connectivity index (χ1) is 13.5. The van der Waals surface area contributed by atoms with E-state index in [0.29, 0.717) is 5.69 Å². The number of nitrogens with one attached hydrogen (secondary N) is 2. The number of H-pyrrole nitrogens is 1. The van der Waals surface area contributed by atoms with Gasteiger partial charge in [-0.2, -0.15) is 5.10 Å². The summed E-state index contributed by atoms with van der Waals surface area (Å²) < 4.78 is 0. The van der Waals surface area contributed by atoms with Crippen molar-refractivity contribution in [2.24, 2.45) is 5.41 Å². The van der Waals surface area contributed by atoms with E-state index < -0.39 is 0 Å². The number of aromatic nitrogens is 4. The Labute approximate surface area is 171 Å². The van der Waals surface area contributed by atoms with E-state index in [4.69, 9.17) is 4.98 Å². The van der Waals surface area contributed by atoms with Crippen LogP contribution in [0.2, 0.25) is 0 Å². The predicted molar refractivity (Wildman–Crippen MR) is 114 cm³/mol. The van der Waals surface area contributed by atoms with E-state index in [0.717, 1.165) is 46.4 Å². The lowest BCUT2D eigenvalue weighted by Crippen LogP contribution is -2.38. The summed E-state index contributed by atoms with van der Waals surface area (Å²) >= 11 is 0. The van der Waals surface area contributed by atoms with Crippen LogP contribution in [0.5, 0.6) is 0 Å². The summed E-state index contributed by atoms with van der Waals surface area (Å²) in [5.41, 5.74) is 4.38. The van der Waals surface area contributed by atoms with Crippen LogP contribution in [0.4, 0.5) is 0 Å². The summed E-state index contributed by atoms with van der Waals surface area (Å²) in [7, 11) is 0. The molecule has 2 N–H and O–H groups in total. The van der Waals surface area contributed by atoms with Crippen LogP contribution in [0, 0.1) is 12.3 Å². The van der Waals surface area contributed by atoms with Crippen LogP contribution >= 0.6 is 0 Å². The zero-order valence-corrected chi connectivity index (χ0v) is 18.1. The Morgan fingerprint density at radius 3 is 2.76 bits per heavy atom. The highest BCUT2D eigenvalue weighted by atomic mass is 16.2. The largest absolute Gasteiger partial charge is 0.344 e. The maximum atomic E-state index is 13.1. The summed E-state index contributed by atoms with van der Waals surface area (Å²) in [6.45, 7) is 12.8. The molecule has 6 nitrogen and oxygen atoms in total. The Bertz CT molecular complexity index is 1090. The second-order valence-corrected chi connectivity index (χ2v) is 10.0. The number of hydrogen-bond acceptors (Lipinski definition) is 4. The minimum atomic E-state index is -0.171.